The van der Waals surface area contributed by atoms with Gasteiger partial charge >= 0.3 is 0 Å². The summed E-state index contributed by atoms with van der Waals surface area (Å²) in [6.45, 7) is 8.72. The zero-order valence-corrected chi connectivity index (χ0v) is 11.6. The first-order valence-electron chi connectivity index (χ1n) is 6.15. The van der Waals surface area contributed by atoms with Gasteiger partial charge in [-0.1, -0.05) is 6.07 Å². The van der Waals surface area contributed by atoms with Crippen molar-refractivity contribution in [2.24, 2.45) is 0 Å². The van der Waals surface area contributed by atoms with Crippen LogP contribution < -0.4 is 0 Å². The van der Waals surface area contributed by atoms with E-state index in [0.29, 0.717) is 5.90 Å². The minimum absolute atomic E-state index is 0.379. The van der Waals surface area contributed by atoms with Crippen molar-refractivity contribution in [3.63, 3.8) is 0 Å². The van der Waals surface area contributed by atoms with Gasteiger partial charge in [0.25, 0.3) is 0 Å². The Hall–Kier alpha value is -1.31. The molecule has 0 radical (unpaired) electrons. The molecule has 1 aromatic rings. The molecule has 1 rings (SSSR count). The fraction of sp³-hybridized carbons (Fsp3) is 0.533. The SMILES string of the molecule is COC(=N)CCCc1c(C)c(C)cc(C)c1C. The molecule has 1 N–H and O–H groups in total. The summed E-state index contributed by atoms with van der Waals surface area (Å²) in [7, 11) is 1.57. The van der Waals surface area contributed by atoms with Crippen LogP contribution in [-0.4, -0.2) is 13.0 Å². The highest BCUT2D eigenvalue weighted by molar-refractivity contribution is 5.72. The van der Waals surface area contributed by atoms with E-state index in [1.165, 1.54) is 27.8 Å². The highest BCUT2D eigenvalue weighted by Gasteiger charge is 2.08. The molecule has 1 aromatic carbocycles. The summed E-state index contributed by atoms with van der Waals surface area (Å²) >= 11 is 0. The third-order valence-corrected chi connectivity index (χ3v) is 3.60. The Morgan fingerprint density at radius 2 is 1.65 bits per heavy atom. The lowest BCUT2D eigenvalue weighted by Crippen LogP contribution is -2.03. The van der Waals surface area contributed by atoms with E-state index < -0.39 is 0 Å². The van der Waals surface area contributed by atoms with Gasteiger partial charge in [0.05, 0.1) is 7.11 Å². The first-order valence-corrected chi connectivity index (χ1v) is 6.15. The van der Waals surface area contributed by atoms with Crippen LogP contribution in [0.1, 0.15) is 40.7 Å². The number of nitrogens with one attached hydrogen (secondary N) is 1. The molecule has 0 saturated carbocycles. The molecule has 0 amide bonds. The zero-order valence-electron chi connectivity index (χ0n) is 11.6. The van der Waals surface area contributed by atoms with Crippen molar-refractivity contribution in [1.29, 1.82) is 5.41 Å². The van der Waals surface area contributed by atoms with Crippen LogP contribution in [0.15, 0.2) is 6.07 Å². The molecule has 0 unspecified atom stereocenters. The summed E-state index contributed by atoms with van der Waals surface area (Å²) in [5.74, 6) is 0.379. The van der Waals surface area contributed by atoms with E-state index in [4.69, 9.17) is 10.1 Å². The van der Waals surface area contributed by atoms with Crippen LogP contribution in [0.25, 0.3) is 0 Å². The second-order valence-electron chi connectivity index (χ2n) is 4.72. The van der Waals surface area contributed by atoms with E-state index in [-0.39, 0.29) is 0 Å². The van der Waals surface area contributed by atoms with Crippen LogP contribution in [0.4, 0.5) is 0 Å². The van der Waals surface area contributed by atoms with Gasteiger partial charge in [-0.2, -0.15) is 0 Å². The maximum atomic E-state index is 7.47. The fourth-order valence-electron chi connectivity index (χ4n) is 2.20. The minimum Gasteiger partial charge on any atom is -0.484 e. The number of hydrogen-bond acceptors (Lipinski definition) is 2. The smallest absolute Gasteiger partial charge is 0.180 e. The second-order valence-corrected chi connectivity index (χ2v) is 4.72. The Labute approximate surface area is 105 Å². The molecule has 94 valence electrons. The zero-order chi connectivity index (χ0) is 13.0. The van der Waals surface area contributed by atoms with Gasteiger partial charge in [0.1, 0.15) is 0 Å². The van der Waals surface area contributed by atoms with E-state index in [9.17, 15) is 0 Å². The highest BCUT2D eigenvalue weighted by atomic mass is 16.5. The van der Waals surface area contributed by atoms with Gasteiger partial charge in [-0.15, -0.1) is 0 Å². The van der Waals surface area contributed by atoms with Crippen molar-refractivity contribution >= 4 is 5.90 Å². The summed E-state index contributed by atoms with van der Waals surface area (Å²) < 4.78 is 4.88. The van der Waals surface area contributed by atoms with Gasteiger partial charge in [-0.3, -0.25) is 5.41 Å². The fourth-order valence-corrected chi connectivity index (χ4v) is 2.20. The van der Waals surface area contributed by atoms with Crippen LogP contribution in [-0.2, 0) is 11.2 Å². The minimum atomic E-state index is 0.379. The summed E-state index contributed by atoms with van der Waals surface area (Å²) in [6.07, 6.45) is 2.74. The molecule has 0 spiro atoms. The lowest BCUT2D eigenvalue weighted by atomic mass is 9.91. The topological polar surface area (TPSA) is 33.1 Å². The maximum Gasteiger partial charge on any atom is 0.180 e. The number of aryl methyl sites for hydroxylation is 2. The van der Waals surface area contributed by atoms with Crippen LogP contribution in [0.2, 0.25) is 0 Å². The van der Waals surface area contributed by atoms with Crippen LogP contribution >= 0.6 is 0 Å². The third kappa shape index (κ3) is 3.32. The number of benzene rings is 1. The summed E-state index contributed by atoms with van der Waals surface area (Å²) in [5.41, 5.74) is 6.98. The first-order chi connectivity index (χ1) is 7.97. The molecule has 0 atom stereocenters. The van der Waals surface area contributed by atoms with Crippen molar-refractivity contribution in [1.82, 2.24) is 0 Å². The first kappa shape index (κ1) is 13.8. The molecule has 0 saturated heterocycles. The van der Waals surface area contributed by atoms with Gasteiger partial charge in [-0.25, -0.2) is 0 Å². The Bertz CT molecular complexity index is 395. The molecule has 0 heterocycles. The monoisotopic (exact) mass is 233 g/mol. The molecule has 2 heteroatoms. The van der Waals surface area contributed by atoms with E-state index in [2.05, 4.69) is 33.8 Å². The van der Waals surface area contributed by atoms with Gasteiger partial charge in [0.2, 0.25) is 0 Å². The van der Waals surface area contributed by atoms with Gasteiger partial charge < -0.3 is 4.74 Å². The van der Waals surface area contributed by atoms with E-state index in [1.807, 2.05) is 0 Å². The Morgan fingerprint density at radius 1 is 1.12 bits per heavy atom. The van der Waals surface area contributed by atoms with Gasteiger partial charge in [0, 0.05) is 6.42 Å². The van der Waals surface area contributed by atoms with Crippen LogP contribution in [0, 0.1) is 33.1 Å². The lowest BCUT2D eigenvalue weighted by Gasteiger charge is -2.15. The summed E-state index contributed by atoms with van der Waals surface area (Å²) in [4.78, 5) is 0. The third-order valence-electron chi connectivity index (χ3n) is 3.60. The number of rotatable bonds is 4. The molecule has 2 nitrogen and oxygen atoms in total. The molecule has 17 heavy (non-hydrogen) atoms. The molecule has 0 aliphatic rings. The van der Waals surface area contributed by atoms with E-state index >= 15 is 0 Å². The Balaban J connectivity index is 2.80. The molecule has 0 aromatic heterocycles. The molecular weight excluding hydrogens is 210 g/mol. The average Bonchev–Trinajstić information content (AvgIpc) is 2.30. The van der Waals surface area contributed by atoms with Crippen molar-refractivity contribution in [3.05, 3.63) is 33.9 Å². The van der Waals surface area contributed by atoms with E-state index in [0.717, 1.165) is 19.3 Å². The molecule has 0 aliphatic heterocycles. The normalized spacial score (nSPS) is 10.4. The average molecular weight is 233 g/mol. The molecular formula is C15H23NO. The summed E-state index contributed by atoms with van der Waals surface area (Å²) in [5, 5.41) is 7.47. The van der Waals surface area contributed by atoms with Gasteiger partial charge in [0.15, 0.2) is 5.90 Å². The molecule has 0 bridgehead atoms. The van der Waals surface area contributed by atoms with Crippen molar-refractivity contribution in [3.8, 4) is 0 Å². The van der Waals surface area contributed by atoms with Crippen LogP contribution in [0.3, 0.4) is 0 Å². The predicted octanol–water partition coefficient (Wildman–Crippen LogP) is 3.87. The van der Waals surface area contributed by atoms with Crippen molar-refractivity contribution in [2.45, 2.75) is 47.0 Å². The molecule has 0 fully saturated rings. The predicted molar refractivity (Wildman–Crippen MR) is 73.1 cm³/mol. The standard InChI is InChI=1S/C15H23NO/c1-10-9-11(2)13(4)14(12(10)3)7-6-8-15(16)17-5/h9,16H,6-8H2,1-5H3. The van der Waals surface area contributed by atoms with Crippen molar-refractivity contribution < 1.29 is 4.74 Å². The largest absolute Gasteiger partial charge is 0.484 e. The number of methoxy groups -OCH3 is 1. The maximum absolute atomic E-state index is 7.47. The molecule has 0 aliphatic carbocycles. The Morgan fingerprint density at radius 3 is 2.12 bits per heavy atom. The van der Waals surface area contributed by atoms with Crippen LogP contribution in [0.5, 0.6) is 0 Å². The van der Waals surface area contributed by atoms with Gasteiger partial charge in [-0.05, 0) is 68.4 Å². The highest BCUT2D eigenvalue weighted by Crippen LogP contribution is 2.23. The lowest BCUT2D eigenvalue weighted by molar-refractivity contribution is 0.384. The second kappa shape index (κ2) is 5.85. The van der Waals surface area contributed by atoms with Crippen molar-refractivity contribution in [2.75, 3.05) is 7.11 Å². The summed E-state index contributed by atoms with van der Waals surface area (Å²) in [6, 6.07) is 2.26. The number of hydrogen-bond donors (Lipinski definition) is 1. The van der Waals surface area contributed by atoms with E-state index in [1.54, 1.807) is 7.11 Å². The quantitative estimate of drug-likeness (QED) is 0.621. The number of ether oxygens (including phenoxy) is 1. The Kier molecular flexibility index (Phi) is 4.73.